The van der Waals surface area contributed by atoms with Crippen molar-refractivity contribution in [1.82, 2.24) is 14.5 Å². The molecule has 3 aromatic heterocycles. The van der Waals surface area contributed by atoms with Gasteiger partial charge in [-0.3, -0.25) is 4.52 Å². The average Bonchev–Trinajstić information content (AvgIpc) is 3.31. The third kappa shape index (κ3) is 3.39. The monoisotopic (exact) mass is 396 g/mol. The van der Waals surface area contributed by atoms with Crippen LogP contribution in [0.4, 0.5) is 5.82 Å². The molecule has 0 bridgehead atoms. The van der Waals surface area contributed by atoms with Gasteiger partial charge in [0.15, 0.2) is 0 Å². The molecule has 2 atom stereocenters. The fourth-order valence-corrected chi connectivity index (χ4v) is 4.24. The first-order valence-corrected chi connectivity index (χ1v) is 10.3. The lowest BCUT2D eigenvalue weighted by molar-refractivity contribution is -0.0202. The van der Waals surface area contributed by atoms with Crippen molar-refractivity contribution < 1.29 is 23.6 Å². The van der Waals surface area contributed by atoms with Gasteiger partial charge in [-0.2, -0.15) is 0 Å². The Labute approximate surface area is 152 Å². The van der Waals surface area contributed by atoms with Gasteiger partial charge in [0.1, 0.15) is 24.0 Å². The van der Waals surface area contributed by atoms with Crippen molar-refractivity contribution in [2.45, 2.75) is 25.2 Å². The largest absolute Gasteiger partial charge is 0.469 e. The normalized spacial score (nSPS) is 20.8. The second-order valence-electron chi connectivity index (χ2n) is 5.96. The van der Waals surface area contributed by atoms with E-state index >= 15 is 0 Å². The van der Waals surface area contributed by atoms with Gasteiger partial charge in [0.05, 0.1) is 18.1 Å². The Morgan fingerprint density at radius 1 is 1.42 bits per heavy atom. The molecule has 0 radical (unpaired) electrons. The summed E-state index contributed by atoms with van der Waals surface area (Å²) < 4.78 is 23.2. The second-order valence-corrected chi connectivity index (χ2v) is 8.15. The van der Waals surface area contributed by atoms with Crippen molar-refractivity contribution >= 4 is 36.0 Å². The van der Waals surface area contributed by atoms with Gasteiger partial charge >= 0.3 is 7.82 Å². The van der Waals surface area contributed by atoms with Crippen LogP contribution in [0.3, 0.4) is 0 Å². The minimum absolute atomic E-state index is 0.158. The fourth-order valence-electron chi connectivity index (χ4n) is 3.14. The molecule has 1 aliphatic heterocycles. The first-order chi connectivity index (χ1) is 12.4. The third-order valence-electron chi connectivity index (χ3n) is 4.25. The number of aromatic nitrogens is 3. The van der Waals surface area contributed by atoms with E-state index in [0.717, 1.165) is 15.8 Å². The molecule has 0 amide bonds. The topological polar surface area (TPSA) is 133 Å². The highest BCUT2D eigenvalue weighted by Gasteiger charge is 2.31. The first kappa shape index (κ1) is 17.6. The number of ether oxygens (including phenoxy) is 1. The summed E-state index contributed by atoms with van der Waals surface area (Å²) in [4.78, 5) is 27.2. The van der Waals surface area contributed by atoms with Crippen LogP contribution in [0.2, 0.25) is 0 Å². The van der Waals surface area contributed by atoms with Crippen molar-refractivity contribution in [1.29, 1.82) is 0 Å². The number of anilines is 1. The van der Waals surface area contributed by atoms with Gasteiger partial charge in [-0.05, 0) is 24.3 Å². The maximum Gasteiger partial charge on any atom is 0.469 e. The Morgan fingerprint density at radius 2 is 2.27 bits per heavy atom. The molecular weight excluding hydrogens is 379 g/mol. The lowest BCUT2D eigenvalue weighted by Crippen LogP contribution is -2.16. The molecule has 1 aliphatic rings. The highest BCUT2D eigenvalue weighted by Crippen LogP contribution is 2.41. The number of fused-ring (bicyclic) bond motifs is 1. The van der Waals surface area contributed by atoms with Gasteiger partial charge in [0.25, 0.3) is 0 Å². The van der Waals surface area contributed by atoms with Crippen LogP contribution in [-0.4, -0.2) is 37.0 Å². The fraction of sp³-hybridized carbons (Fsp3) is 0.333. The molecule has 1 saturated heterocycles. The van der Waals surface area contributed by atoms with E-state index in [1.54, 1.807) is 11.3 Å². The van der Waals surface area contributed by atoms with E-state index in [-0.39, 0.29) is 12.8 Å². The van der Waals surface area contributed by atoms with Crippen LogP contribution in [0.25, 0.3) is 21.5 Å². The van der Waals surface area contributed by atoms with Gasteiger partial charge in [-0.25, -0.2) is 14.5 Å². The Morgan fingerprint density at radius 3 is 3.00 bits per heavy atom. The summed E-state index contributed by atoms with van der Waals surface area (Å²) in [6.45, 7) is -0.158. The summed E-state index contributed by atoms with van der Waals surface area (Å²) in [6.07, 6.45) is 3.94. The van der Waals surface area contributed by atoms with Crippen molar-refractivity contribution in [2.24, 2.45) is 0 Å². The Balaban J connectivity index is 1.66. The standard InChI is InChI=1S/C15H17N4O5PS/c16-14-13-10(11-2-1-5-26-11)6-19(15(13)18-8-17-14)12-4-3-9(24-12)7-23-25(20,21)22/h1-2,5-6,8-9,12H,3-4,7H2,(H2,16,17,18)(H2,20,21,22)/t9-,12+/m0/s1. The number of thiophene rings is 1. The summed E-state index contributed by atoms with van der Waals surface area (Å²) >= 11 is 1.59. The molecule has 9 nitrogen and oxygen atoms in total. The van der Waals surface area contributed by atoms with Crippen LogP contribution in [0.5, 0.6) is 0 Å². The number of phosphoric ester groups is 1. The first-order valence-electron chi connectivity index (χ1n) is 7.93. The molecule has 26 heavy (non-hydrogen) atoms. The van der Waals surface area contributed by atoms with Gasteiger partial charge in [0, 0.05) is 16.6 Å². The van der Waals surface area contributed by atoms with E-state index in [1.807, 2.05) is 28.3 Å². The number of nitrogen functional groups attached to an aromatic ring is 1. The molecule has 138 valence electrons. The molecule has 4 rings (SSSR count). The van der Waals surface area contributed by atoms with E-state index in [1.165, 1.54) is 6.33 Å². The van der Waals surface area contributed by atoms with Crippen LogP contribution in [0.1, 0.15) is 19.1 Å². The molecule has 4 N–H and O–H groups in total. The lowest BCUT2D eigenvalue weighted by Gasteiger charge is -2.16. The highest BCUT2D eigenvalue weighted by molar-refractivity contribution is 7.46. The lowest BCUT2D eigenvalue weighted by atomic mass is 10.2. The molecule has 0 aromatic carbocycles. The van der Waals surface area contributed by atoms with Crippen LogP contribution >= 0.6 is 19.2 Å². The van der Waals surface area contributed by atoms with Gasteiger partial charge < -0.3 is 24.8 Å². The molecule has 0 saturated carbocycles. The van der Waals surface area contributed by atoms with Gasteiger partial charge in [-0.1, -0.05) is 6.07 Å². The Hall–Kier alpha value is -1.81. The summed E-state index contributed by atoms with van der Waals surface area (Å²) in [6, 6.07) is 3.97. The van der Waals surface area contributed by atoms with E-state index in [0.29, 0.717) is 24.3 Å². The highest BCUT2D eigenvalue weighted by atomic mass is 32.1. The molecule has 1 fully saturated rings. The molecule has 0 aliphatic carbocycles. The molecule has 11 heteroatoms. The average molecular weight is 396 g/mol. The quantitative estimate of drug-likeness (QED) is 0.561. The summed E-state index contributed by atoms with van der Waals surface area (Å²) in [7, 11) is -4.51. The van der Waals surface area contributed by atoms with Crippen molar-refractivity contribution in [3.05, 3.63) is 30.0 Å². The van der Waals surface area contributed by atoms with Crippen molar-refractivity contribution in [3.8, 4) is 10.4 Å². The number of nitrogens with two attached hydrogens (primary N) is 1. The van der Waals surface area contributed by atoms with E-state index in [4.69, 9.17) is 20.3 Å². The minimum atomic E-state index is -4.51. The maximum absolute atomic E-state index is 10.9. The van der Waals surface area contributed by atoms with Gasteiger partial charge in [-0.15, -0.1) is 11.3 Å². The molecule has 0 unspecified atom stereocenters. The predicted octanol–water partition coefficient (Wildman–Crippen LogP) is 2.53. The van der Waals surface area contributed by atoms with Crippen LogP contribution in [-0.2, 0) is 13.8 Å². The zero-order valence-electron chi connectivity index (χ0n) is 13.6. The smallest absolute Gasteiger partial charge is 0.383 e. The number of hydrogen-bond acceptors (Lipinski definition) is 7. The maximum atomic E-state index is 10.9. The second kappa shape index (κ2) is 6.73. The summed E-state index contributed by atoms with van der Waals surface area (Å²) in [5.41, 5.74) is 7.70. The Kier molecular flexibility index (Phi) is 4.55. The van der Waals surface area contributed by atoms with Crippen LogP contribution in [0.15, 0.2) is 30.0 Å². The number of nitrogens with zero attached hydrogens (tertiary/aromatic N) is 3. The van der Waals surface area contributed by atoms with Crippen LogP contribution < -0.4 is 5.73 Å². The molecule has 3 aromatic rings. The van der Waals surface area contributed by atoms with E-state index in [2.05, 4.69) is 14.5 Å². The van der Waals surface area contributed by atoms with Gasteiger partial charge in [0.2, 0.25) is 0 Å². The molecular formula is C15H17N4O5PS. The molecule has 0 spiro atoms. The molecule has 4 heterocycles. The number of hydrogen-bond donors (Lipinski definition) is 3. The SMILES string of the molecule is Nc1ncnc2c1c(-c1cccs1)cn2[C@H]1CC[C@@H](COP(=O)(O)O)O1. The Bertz CT molecular complexity index is 970. The third-order valence-corrected chi connectivity index (χ3v) is 5.64. The van der Waals surface area contributed by atoms with Crippen molar-refractivity contribution in [3.63, 3.8) is 0 Å². The van der Waals surface area contributed by atoms with Crippen LogP contribution in [0, 0.1) is 0 Å². The van der Waals surface area contributed by atoms with E-state index < -0.39 is 13.9 Å². The zero-order valence-corrected chi connectivity index (χ0v) is 15.3. The zero-order chi connectivity index (χ0) is 18.3. The van der Waals surface area contributed by atoms with Crippen molar-refractivity contribution in [2.75, 3.05) is 12.3 Å². The predicted molar refractivity (Wildman–Crippen MR) is 96.4 cm³/mol. The van der Waals surface area contributed by atoms with E-state index in [9.17, 15) is 4.57 Å². The summed E-state index contributed by atoms with van der Waals surface area (Å²) in [5, 5.41) is 2.76. The summed E-state index contributed by atoms with van der Waals surface area (Å²) in [5.74, 6) is 0.400. The minimum Gasteiger partial charge on any atom is -0.383 e. The number of rotatable bonds is 5. The number of phosphoric acid groups is 1.